The maximum atomic E-state index is 4.57. The number of nitrogens with zero attached hydrogens (tertiary/aromatic N) is 1. The second-order valence-corrected chi connectivity index (χ2v) is 4.16. The molecule has 1 aromatic rings. The lowest BCUT2D eigenvalue weighted by Crippen LogP contribution is -2.19. The Morgan fingerprint density at radius 1 is 1.29 bits per heavy atom. The van der Waals surface area contributed by atoms with Crippen molar-refractivity contribution in [3.63, 3.8) is 0 Å². The Morgan fingerprint density at radius 2 is 2.14 bits per heavy atom. The molecule has 0 fully saturated rings. The fraction of sp³-hybridized carbons (Fsp3) is 0.308. The molecule has 0 spiro atoms. The molecular weight excluding hydrogens is 170 g/mol. The first-order valence-electron chi connectivity index (χ1n) is 5.19. The first kappa shape index (κ1) is 7.98. The molecular formula is C13H13N. The summed E-state index contributed by atoms with van der Waals surface area (Å²) >= 11 is 0. The third kappa shape index (κ3) is 1.05. The van der Waals surface area contributed by atoms with Crippen LogP contribution in [0.1, 0.15) is 24.0 Å². The van der Waals surface area contributed by atoms with Gasteiger partial charge in [0.2, 0.25) is 0 Å². The largest absolute Gasteiger partial charge is 0.258 e. The number of hydrogen-bond acceptors (Lipinski definition) is 1. The highest BCUT2D eigenvalue weighted by Crippen LogP contribution is 2.35. The number of aliphatic imine (C=N–C) groups is 1. The van der Waals surface area contributed by atoms with Gasteiger partial charge in [-0.05, 0) is 30.4 Å². The van der Waals surface area contributed by atoms with E-state index in [-0.39, 0.29) is 0 Å². The van der Waals surface area contributed by atoms with E-state index in [1.165, 1.54) is 29.7 Å². The van der Waals surface area contributed by atoms with Gasteiger partial charge < -0.3 is 0 Å². The average Bonchev–Trinajstić information content (AvgIpc) is 2.59. The predicted octanol–water partition coefficient (Wildman–Crippen LogP) is 2.96. The zero-order valence-electron chi connectivity index (χ0n) is 8.16. The fourth-order valence-electron chi connectivity index (χ4n) is 2.53. The molecule has 1 aromatic carbocycles. The van der Waals surface area contributed by atoms with E-state index in [2.05, 4.69) is 35.8 Å². The van der Waals surface area contributed by atoms with Gasteiger partial charge in [0.1, 0.15) is 0 Å². The normalized spacial score (nSPS) is 24.1. The van der Waals surface area contributed by atoms with E-state index in [9.17, 15) is 0 Å². The molecule has 1 unspecified atom stereocenters. The lowest BCUT2D eigenvalue weighted by Gasteiger charge is -2.21. The summed E-state index contributed by atoms with van der Waals surface area (Å²) in [6.45, 7) is 3.96. The molecule has 0 amide bonds. The van der Waals surface area contributed by atoms with Crippen molar-refractivity contribution in [2.75, 3.05) is 0 Å². The molecule has 0 saturated heterocycles. The predicted molar refractivity (Wildman–Crippen MR) is 58.5 cm³/mol. The van der Waals surface area contributed by atoms with Crippen molar-refractivity contribution < 1.29 is 0 Å². The van der Waals surface area contributed by atoms with Crippen molar-refractivity contribution in [2.24, 2.45) is 10.9 Å². The molecule has 2 aliphatic rings. The van der Waals surface area contributed by atoms with Crippen LogP contribution in [0, 0.1) is 5.92 Å². The first-order chi connectivity index (χ1) is 6.84. The minimum Gasteiger partial charge on any atom is -0.258 e. The molecule has 1 atom stereocenters. The molecule has 1 aliphatic carbocycles. The standard InChI is InChI=1S/C13H13N/c1-9-8-11-7-6-10-4-2-3-5-12(10)13(11)14-9/h2-5,11H,1,6-8H2. The summed E-state index contributed by atoms with van der Waals surface area (Å²) in [5.74, 6) is 0.650. The van der Waals surface area contributed by atoms with Gasteiger partial charge in [0.05, 0.1) is 5.71 Å². The van der Waals surface area contributed by atoms with Crippen LogP contribution in [0.5, 0.6) is 0 Å². The summed E-state index contributed by atoms with van der Waals surface area (Å²) in [6.07, 6.45) is 3.52. The number of benzene rings is 1. The van der Waals surface area contributed by atoms with Gasteiger partial charge in [-0.15, -0.1) is 0 Å². The molecule has 1 heteroatoms. The van der Waals surface area contributed by atoms with Gasteiger partial charge in [0.25, 0.3) is 0 Å². The highest BCUT2D eigenvalue weighted by molar-refractivity contribution is 6.06. The van der Waals surface area contributed by atoms with Gasteiger partial charge in [-0.25, -0.2) is 0 Å². The Balaban J connectivity index is 2.16. The van der Waals surface area contributed by atoms with E-state index >= 15 is 0 Å². The summed E-state index contributed by atoms with van der Waals surface area (Å²) < 4.78 is 0. The van der Waals surface area contributed by atoms with Crippen LogP contribution >= 0.6 is 0 Å². The smallest absolute Gasteiger partial charge is 0.0516 e. The number of fused-ring (bicyclic) bond motifs is 3. The van der Waals surface area contributed by atoms with Crippen molar-refractivity contribution in [1.82, 2.24) is 0 Å². The molecule has 0 bridgehead atoms. The number of aryl methyl sites for hydroxylation is 1. The van der Waals surface area contributed by atoms with Crippen molar-refractivity contribution in [2.45, 2.75) is 19.3 Å². The van der Waals surface area contributed by atoms with E-state index in [0.29, 0.717) is 5.92 Å². The van der Waals surface area contributed by atoms with Crippen LogP contribution in [-0.2, 0) is 6.42 Å². The summed E-state index contributed by atoms with van der Waals surface area (Å²) in [7, 11) is 0. The second kappa shape index (κ2) is 2.81. The third-order valence-electron chi connectivity index (χ3n) is 3.20. The molecule has 0 N–H and O–H groups in total. The number of rotatable bonds is 0. The van der Waals surface area contributed by atoms with Crippen LogP contribution in [0.4, 0.5) is 0 Å². The number of hydrogen-bond donors (Lipinski definition) is 0. The molecule has 1 heterocycles. The fourth-order valence-corrected chi connectivity index (χ4v) is 2.53. The Bertz CT molecular complexity index is 429. The van der Waals surface area contributed by atoms with Crippen LogP contribution in [0.2, 0.25) is 0 Å². The summed E-state index contributed by atoms with van der Waals surface area (Å²) in [4.78, 5) is 4.57. The van der Waals surface area contributed by atoms with Gasteiger partial charge in [0, 0.05) is 11.6 Å². The lowest BCUT2D eigenvalue weighted by atomic mass is 9.82. The van der Waals surface area contributed by atoms with Gasteiger partial charge >= 0.3 is 0 Å². The monoisotopic (exact) mass is 183 g/mol. The number of allylic oxidation sites excluding steroid dienone is 1. The Labute approximate surface area is 84.2 Å². The van der Waals surface area contributed by atoms with E-state index in [4.69, 9.17) is 0 Å². The van der Waals surface area contributed by atoms with Gasteiger partial charge in [-0.3, -0.25) is 4.99 Å². The zero-order valence-corrected chi connectivity index (χ0v) is 8.16. The van der Waals surface area contributed by atoms with Crippen LogP contribution < -0.4 is 0 Å². The van der Waals surface area contributed by atoms with E-state index < -0.39 is 0 Å². The summed E-state index contributed by atoms with van der Waals surface area (Å²) in [5, 5.41) is 0. The van der Waals surface area contributed by atoms with E-state index in [1.807, 2.05) is 0 Å². The third-order valence-corrected chi connectivity index (χ3v) is 3.20. The molecule has 1 nitrogen and oxygen atoms in total. The highest BCUT2D eigenvalue weighted by Gasteiger charge is 2.29. The van der Waals surface area contributed by atoms with Crippen molar-refractivity contribution in [1.29, 1.82) is 0 Å². The Kier molecular flexibility index (Phi) is 1.60. The van der Waals surface area contributed by atoms with E-state index in [0.717, 1.165) is 12.1 Å². The topological polar surface area (TPSA) is 12.4 Å². The first-order valence-corrected chi connectivity index (χ1v) is 5.19. The zero-order chi connectivity index (χ0) is 9.54. The quantitative estimate of drug-likeness (QED) is 0.586. The SMILES string of the molecule is C=C1CC2CCc3ccccc3C2=N1. The van der Waals surface area contributed by atoms with Gasteiger partial charge in [0.15, 0.2) is 0 Å². The molecule has 70 valence electrons. The Morgan fingerprint density at radius 3 is 3.07 bits per heavy atom. The van der Waals surface area contributed by atoms with Crippen LogP contribution in [0.15, 0.2) is 41.5 Å². The maximum absolute atomic E-state index is 4.57. The van der Waals surface area contributed by atoms with Crippen molar-refractivity contribution in [3.8, 4) is 0 Å². The summed E-state index contributed by atoms with van der Waals surface area (Å²) in [6, 6.07) is 8.63. The minimum absolute atomic E-state index is 0.650. The van der Waals surface area contributed by atoms with Gasteiger partial charge in [-0.2, -0.15) is 0 Å². The van der Waals surface area contributed by atoms with Crippen LogP contribution in [-0.4, -0.2) is 5.71 Å². The van der Waals surface area contributed by atoms with E-state index in [1.54, 1.807) is 0 Å². The van der Waals surface area contributed by atoms with Crippen molar-refractivity contribution >= 4 is 5.71 Å². The Hall–Kier alpha value is -1.37. The maximum Gasteiger partial charge on any atom is 0.0516 e. The molecule has 3 rings (SSSR count). The molecule has 0 aromatic heterocycles. The van der Waals surface area contributed by atoms with Crippen LogP contribution in [0.3, 0.4) is 0 Å². The average molecular weight is 183 g/mol. The second-order valence-electron chi connectivity index (χ2n) is 4.16. The minimum atomic E-state index is 0.650. The lowest BCUT2D eigenvalue weighted by molar-refractivity contribution is 0.627. The van der Waals surface area contributed by atoms with Crippen LogP contribution in [0.25, 0.3) is 0 Å². The van der Waals surface area contributed by atoms with Gasteiger partial charge in [-0.1, -0.05) is 30.8 Å². The highest BCUT2D eigenvalue weighted by atomic mass is 14.8. The van der Waals surface area contributed by atoms with Crippen molar-refractivity contribution in [3.05, 3.63) is 47.7 Å². The molecule has 0 radical (unpaired) electrons. The summed E-state index contributed by atoms with van der Waals surface area (Å²) in [5.41, 5.74) is 5.16. The molecule has 14 heavy (non-hydrogen) atoms. The molecule has 1 aliphatic heterocycles. The molecule has 0 saturated carbocycles.